The van der Waals surface area contributed by atoms with E-state index in [4.69, 9.17) is 0 Å². The fraction of sp³-hybridized carbons (Fsp3) is 0.700. The number of nitrogens with zero attached hydrogens (tertiary/aromatic N) is 3. The van der Waals surface area contributed by atoms with E-state index in [0.717, 1.165) is 30.4 Å². The van der Waals surface area contributed by atoms with Crippen molar-refractivity contribution in [1.82, 2.24) is 14.7 Å². The van der Waals surface area contributed by atoms with Crippen LogP contribution in [-0.2, 0) is 0 Å². The first kappa shape index (κ1) is 9.81. The number of aliphatic hydroxyl groups is 1. The predicted octanol–water partition coefficient (Wildman–Crippen LogP) is 1.03. The first-order valence-corrected chi connectivity index (χ1v) is 6.15. The molecule has 1 aliphatic carbocycles. The van der Waals surface area contributed by atoms with Crippen LogP contribution >= 0.6 is 15.9 Å². The van der Waals surface area contributed by atoms with Gasteiger partial charge in [-0.1, -0.05) is 0 Å². The maximum absolute atomic E-state index is 9.53. The van der Waals surface area contributed by atoms with Crippen molar-refractivity contribution in [2.24, 2.45) is 0 Å². The van der Waals surface area contributed by atoms with E-state index in [2.05, 4.69) is 25.9 Å². The molecule has 0 spiro atoms. The Balaban J connectivity index is 1.57. The molecule has 2 atom stereocenters. The lowest BCUT2D eigenvalue weighted by molar-refractivity contribution is -0.0669. The molecular formula is C10H14BrN3O. The van der Waals surface area contributed by atoms with Crippen LogP contribution in [0.4, 0.5) is 0 Å². The summed E-state index contributed by atoms with van der Waals surface area (Å²) in [6, 6.07) is 0.907. The Morgan fingerprint density at radius 1 is 1.40 bits per heavy atom. The third-order valence-corrected chi connectivity index (χ3v) is 3.92. The SMILES string of the molecule is OC1CCC1N1CC(n2cc(Br)cn2)C1. The number of aromatic nitrogens is 2. The molecule has 1 saturated carbocycles. The minimum atomic E-state index is -0.0877. The minimum Gasteiger partial charge on any atom is -0.391 e. The summed E-state index contributed by atoms with van der Waals surface area (Å²) in [5.41, 5.74) is 0. The molecule has 2 heterocycles. The largest absolute Gasteiger partial charge is 0.391 e. The standard InChI is InChI=1S/C10H14BrN3O/c11-7-3-12-14(4-7)8-5-13(6-8)9-1-2-10(9)15/h3-4,8-10,15H,1-2,5-6H2. The molecule has 2 fully saturated rings. The van der Waals surface area contributed by atoms with Crippen LogP contribution < -0.4 is 0 Å². The third-order valence-electron chi connectivity index (χ3n) is 3.51. The third kappa shape index (κ3) is 1.62. The summed E-state index contributed by atoms with van der Waals surface area (Å²) in [5, 5.41) is 13.8. The van der Waals surface area contributed by atoms with Gasteiger partial charge in [-0.05, 0) is 28.8 Å². The molecule has 1 aromatic heterocycles. The van der Waals surface area contributed by atoms with Crippen molar-refractivity contribution in [2.75, 3.05) is 13.1 Å². The molecule has 3 rings (SSSR count). The van der Waals surface area contributed by atoms with Crippen LogP contribution in [0.1, 0.15) is 18.9 Å². The Labute approximate surface area is 97.0 Å². The second kappa shape index (κ2) is 3.57. The summed E-state index contributed by atoms with van der Waals surface area (Å²) in [5.74, 6) is 0. The van der Waals surface area contributed by atoms with E-state index in [-0.39, 0.29) is 6.10 Å². The molecular weight excluding hydrogens is 258 g/mol. The van der Waals surface area contributed by atoms with Gasteiger partial charge in [0.05, 0.1) is 22.8 Å². The first-order chi connectivity index (χ1) is 7.24. The lowest BCUT2D eigenvalue weighted by atomic mass is 9.85. The Morgan fingerprint density at radius 3 is 2.67 bits per heavy atom. The van der Waals surface area contributed by atoms with Gasteiger partial charge in [0.15, 0.2) is 0 Å². The second-order valence-corrected chi connectivity index (χ2v) is 5.37. The molecule has 0 radical (unpaired) electrons. The summed E-state index contributed by atoms with van der Waals surface area (Å²) in [6.07, 6.45) is 5.87. The Hall–Kier alpha value is -0.390. The molecule has 1 aliphatic heterocycles. The number of hydrogen-bond donors (Lipinski definition) is 1. The lowest BCUT2D eigenvalue weighted by Crippen LogP contribution is -2.60. The fourth-order valence-electron chi connectivity index (χ4n) is 2.33. The van der Waals surface area contributed by atoms with Crippen molar-refractivity contribution < 1.29 is 5.11 Å². The summed E-state index contributed by atoms with van der Waals surface area (Å²) in [4.78, 5) is 2.36. The van der Waals surface area contributed by atoms with Gasteiger partial charge >= 0.3 is 0 Å². The van der Waals surface area contributed by atoms with Gasteiger partial charge in [-0.15, -0.1) is 0 Å². The van der Waals surface area contributed by atoms with Gasteiger partial charge in [-0.2, -0.15) is 5.10 Å². The highest BCUT2D eigenvalue weighted by Crippen LogP contribution is 2.33. The molecule has 0 amide bonds. The Kier molecular flexibility index (Phi) is 2.34. The zero-order valence-corrected chi connectivity index (χ0v) is 9.97. The van der Waals surface area contributed by atoms with Gasteiger partial charge in [-0.25, -0.2) is 0 Å². The van der Waals surface area contributed by atoms with Gasteiger partial charge in [0.25, 0.3) is 0 Å². The van der Waals surface area contributed by atoms with Gasteiger partial charge in [0.2, 0.25) is 0 Å². The molecule has 82 valence electrons. The highest BCUT2D eigenvalue weighted by Gasteiger charge is 2.41. The Morgan fingerprint density at radius 2 is 2.20 bits per heavy atom. The van der Waals surface area contributed by atoms with E-state index < -0.39 is 0 Å². The van der Waals surface area contributed by atoms with Crippen LogP contribution in [0.15, 0.2) is 16.9 Å². The predicted molar refractivity (Wildman–Crippen MR) is 59.6 cm³/mol. The highest BCUT2D eigenvalue weighted by atomic mass is 79.9. The molecule has 1 aromatic rings. The van der Waals surface area contributed by atoms with E-state index in [1.807, 2.05) is 17.1 Å². The zero-order valence-electron chi connectivity index (χ0n) is 8.38. The van der Waals surface area contributed by atoms with Crippen molar-refractivity contribution >= 4 is 15.9 Å². The van der Waals surface area contributed by atoms with Crippen LogP contribution in [0.3, 0.4) is 0 Å². The summed E-state index contributed by atoms with van der Waals surface area (Å²) >= 11 is 3.40. The van der Waals surface area contributed by atoms with Gasteiger partial charge < -0.3 is 5.11 Å². The monoisotopic (exact) mass is 271 g/mol. The fourth-order valence-corrected chi connectivity index (χ4v) is 2.63. The average molecular weight is 272 g/mol. The topological polar surface area (TPSA) is 41.3 Å². The molecule has 0 aromatic carbocycles. The quantitative estimate of drug-likeness (QED) is 0.874. The van der Waals surface area contributed by atoms with E-state index >= 15 is 0 Å². The summed E-state index contributed by atoms with van der Waals surface area (Å²) < 4.78 is 3.04. The molecule has 15 heavy (non-hydrogen) atoms. The lowest BCUT2D eigenvalue weighted by Gasteiger charge is -2.49. The van der Waals surface area contributed by atoms with E-state index in [0.29, 0.717) is 12.1 Å². The van der Waals surface area contributed by atoms with E-state index in [1.54, 1.807) is 0 Å². The van der Waals surface area contributed by atoms with Crippen molar-refractivity contribution in [3.63, 3.8) is 0 Å². The van der Waals surface area contributed by atoms with Crippen LogP contribution in [-0.4, -0.2) is 45.0 Å². The highest BCUT2D eigenvalue weighted by molar-refractivity contribution is 9.10. The van der Waals surface area contributed by atoms with Crippen molar-refractivity contribution in [3.05, 3.63) is 16.9 Å². The van der Waals surface area contributed by atoms with Gasteiger partial charge in [0, 0.05) is 25.3 Å². The summed E-state index contributed by atoms with van der Waals surface area (Å²) in [7, 11) is 0. The number of halogens is 1. The van der Waals surface area contributed by atoms with Crippen molar-refractivity contribution in [1.29, 1.82) is 0 Å². The maximum Gasteiger partial charge on any atom is 0.0773 e. The van der Waals surface area contributed by atoms with E-state index in [1.165, 1.54) is 0 Å². The van der Waals surface area contributed by atoms with Crippen LogP contribution in [0.2, 0.25) is 0 Å². The van der Waals surface area contributed by atoms with Gasteiger partial charge in [0.1, 0.15) is 0 Å². The first-order valence-electron chi connectivity index (χ1n) is 5.36. The number of likely N-dealkylation sites (tertiary alicyclic amines) is 1. The Bertz CT molecular complexity index is 361. The second-order valence-electron chi connectivity index (χ2n) is 4.46. The smallest absolute Gasteiger partial charge is 0.0773 e. The van der Waals surface area contributed by atoms with Crippen molar-refractivity contribution in [3.8, 4) is 0 Å². The van der Waals surface area contributed by atoms with Crippen LogP contribution in [0, 0.1) is 0 Å². The molecule has 1 N–H and O–H groups in total. The minimum absolute atomic E-state index is 0.0877. The average Bonchev–Trinajstić information content (AvgIpc) is 2.54. The normalized spacial score (nSPS) is 32.4. The zero-order chi connectivity index (χ0) is 10.4. The molecule has 4 nitrogen and oxygen atoms in total. The molecule has 2 unspecified atom stereocenters. The number of hydrogen-bond acceptors (Lipinski definition) is 3. The van der Waals surface area contributed by atoms with Crippen LogP contribution in [0.5, 0.6) is 0 Å². The summed E-state index contributed by atoms with van der Waals surface area (Å²) in [6.45, 7) is 2.05. The molecule has 2 aliphatic rings. The van der Waals surface area contributed by atoms with E-state index in [9.17, 15) is 5.11 Å². The molecule has 0 bridgehead atoms. The van der Waals surface area contributed by atoms with Crippen LogP contribution in [0.25, 0.3) is 0 Å². The molecule has 1 saturated heterocycles. The number of rotatable bonds is 2. The maximum atomic E-state index is 9.53. The molecule has 5 heteroatoms. The number of aliphatic hydroxyl groups excluding tert-OH is 1. The van der Waals surface area contributed by atoms with Gasteiger partial charge in [-0.3, -0.25) is 9.58 Å². The van der Waals surface area contributed by atoms with Crippen molar-refractivity contribution in [2.45, 2.75) is 31.0 Å².